The fourth-order valence-corrected chi connectivity index (χ4v) is 2.25. The second kappa shape index (κ2) is 5.22. The standard InChI is InChI=1S/C16H14FNO/c17-13-5-3-6-14(10-13)19-11-16-15-7-2-1-4-12(15)8-9-18-16/h1-7,10H,8-9,11H2. The van der Waals surface area contributed by atoms with Crippen molar-refractivity contribution in [3.63, 3.8) is 0 Å². The highest BCUT2D eigenvalue weighted by Crippen LogP contribution is 2.17. The van der Waals surface area contributed by atoms with Crippen LogP contribution < -0.4 is 4.74 Å². The molecule has 19 heavy (non-hydrogen) atoms. The first-order valence-electron chi connectivity index (χ1n) is 6.33. The molecule has 0 saturated heterocycles. The van der Waals surface area contributed by atoms with E-state index in [9.17, 15) is 4.39 Å². The monoisotopic (exact) mass is 255 g/mol. The van der Waals surface area contributed by atoms with Crippen molar-refractivity contribution in [3.8, 4) is 5.75 Å². The topological polar surface area (TPSA) is 21.6 Å². The summed E-state index contributed by atoms with van der Waals surface area (Å²) in [6.07, 6.45) is 0.972. The van der Waals surface area contributed by atoms with Gasteiger partial charge in [-0.2, -0.15) is 0 Å². The molecule has 0 aromatic heterocycles. The smallest absolute Gasteiger partial charge is 0.130 e. The number of hydrogen-bond acceptors (Lipinski definition) is 2. The lowest BCUT2D eigenvalue weighted by molar-refractivity contribution is 0.373. The van der Waals surface area contributed by atoms with E-state index in [4.69, 9.17) is 4.74 Å². The molecule has 0 saturated carbocycles. The van der Waals surface area contributed by atoms with E-state index in [-0.39, 0.29) is 5.82 Å². The Bertz CT molecular complexity index is 622. The second-order valence-electron chi connectivity index (χ2n) is 4.48. The first-order valence-corrected chi connectivity index (χ1v) is 6.33. The minimum atomic E-state index is -0.288. The van der Waals surface area contributed by atoms with E-state index in [0.717, 1.165) is 24.2 Å². The fraction of sp³-hybridized carbons (Fsp3) is 0.188. The number of hydrogen-bond donors (Lipinski definition) is 0. The largest absolute Gasteiger partial charge is 0.487 e. The molecule has 1 aliphatic rings. The molecule has 2 nitrogen and oxygen atoms in total. The average molecular weight is 255 g/mol. The molecule has 0 spiro atoms. The van der Waals surface area contributed by atoms with Gasteiger partial charge in [0.2, 0.25) is 0 Å². The Morgan fingerprint density at radius 2 is 2.00 bits per heavy atom. The molecule has 0 unspecified atom stereocenters. The zero-order chi connectivity index (χ0) is 13.1. The van der Waals surface area contributed by atoms with Gasteiger partial charge < -0.3 is 4.74 Å². The van der Waals surface area contributed by atoms with Crippen LogP contribution in [0, 0.1) is 5.82 Å². The van der Waals surface area contributed by atoms with Gasteiger partial charge in [-0.3, -0.25) is 4.99 Å². The third-order valence-electron chi connectivity index (χ3n) is 3.18. The Kier molecular flexibility index (Phi) is 3.27. The van der Waals surface area contributed by atoms with Gasteiger partial charge in [0.25, 0.3) is 0 Å². The van der Waals surface area contributed by atoms with Crippen molar-refractivity contribution in [2.45, 2.75) is 6.42 Å². The molecule has 0 radical (unpaired) electrons. The van der Waals surface area contributed by atoms with Gasteiger partial charge in [0.15, 0.2) is 0 Å². The number of ether oxygens (including phenoxy) is 1. The number of aliphatic imine (C=N–C) groups is 1. The van der Waals surface area contributed by atoms with Crippen molar-refractivity contribution in [1.29, 1.82) is 0 Å². The number of nitrogens with zero attached hydrogens (tertiary/aromatic N) is 1. The highest BCUT2D eigenvalue weighted by atomic mass is 19.1. The van der Waals surface area contributed by atoms with Gasteiger partial charge in [-0.1, -0.05) is 30.3 Å². The third kappa shape index (κ3) is 2.65. The summed E-state index contributed by atoms with van der Waals surface area (Å²) in [6.45, 7) is 1.17. The highest BCUT2D eigenvalue weighted by molar-refractivity contribution is 6.03. The molecular formula is C16H14FNO. The van der Waals surface area contributed by atoms with E-state index in [1.54, 1.807) is 12.1 Å². The van der Waals surface area contributed by atoms with Crippen LogP contribution in [0.4, 0.5) is 4.39 Å². The van der Waals surface area contributed by atoms with Crippen molar-refractivity contribution < 1.29 is 9.13 Å². The van der Waals surface area contributed by atoms with Crippen LogP contribution in [-0.4, -0.2) is 18.9 Å². The van der Waals surface area contributed by atoms with E-state index in [1.165, 1.54) is 17.7 Å². The molecule has 0 bridgehead atoms. The van der Waals surface area contributed by atoms with E-state index in [1.807, 2.05) is 12.1 Å². The van der Waals surface area contributed by atoms with E-state index in [0.29, 0.717) is 12.4 Å². The van der Waals surface area contributed by atoms with Gasteiger partial charge >= 0.3 is 0 Å². The summed E-state index contributed by atoms with van der Waals surface area (Å²) in [7, 11) is 0. The number of fused-ring (bicyclic) bond motifs is 1. The van der Waals surface area contributed by atoms with Crippen molar-refractivity contribution in [2.75, 3.05) is 13.2 Å². The Hall–Kier alpha value is -2.16. The summed E-state index contributed by atoms with van der Waals surface area (Å²) in [4.78, 5) is 4.51. The van der Waals surface area contributed by atoms with Crippen LogP contribution in [0.1, 0.15) is 11.1 Å². The maximum absolute atomic E-state index is 13.1. The van der Waals surface area contributed by atoms with Gasteiger partial charge in [-0.25, -0.2) is 4.39 Å². The first kappa shape index (κ1) is 11.9. The van der Waals surface area contributed by atoms with Crippen LogP contribution in [0.5, 0.6) is 5.75 Å². The molecule has 0 amide bonds. The summed E-state index contributed by atoms with van der Waals surface area (Å²) >= 11 is 0. The van der Waals surface area contributed by atoms with Crippen LogP contribution in [0.3, 0.4) is 0 Å². The summed E-state index contributed by atoms with van der Waals surface area (Å²) in [5.41, 5.74) is 3.38. The van der Waals surface area contributed by atoms with Gasteiger partial charge in [0.05, 0.1) is 5.71 Å². The maximum atomic E-state index is 13.1. The Morgan fingerprint density at radius 3 is 2.89 bits per heavy atom. The predicted molar refractivity (Wildman–Crippen MR) is 73.4 cm³/mol. The van der Waals surface area contributed by atoms with Crippen molar-refractivity contribution >= 4 is 5.71 Å². The van der Waals surface area contributed by atoms with Crippen LogP contribution in [0.2, 0.25) is 0 Å². The Labute approximate surface area is 111 Å². The van der Waals surface area contributed by atoms with Crippen LogP contribution >= 0.6 is 0 Å². The zero-order valence-corrected chi connectivity index (χ0v) is 10.5. The SMILES string of the molecule is Fc1cccc(OCC2=NCCc3ccccc32)c1. The first-order chi connectivity index (χ1) is 9.33. The number of benzene rings is 2. The lowest BCUT2D eigenvalue weighted by Crippen LogP contribution is -2.19. The average Bonchev–Trinajstić information content (AvgIpc) is 2.45. The Morgan fingerprint density at radius 1 is 1.11 bits per heavy atom. The number of halogens is 1. The molecular weight excluding hydrogens is 241 g/mol. The summed E-state index contributed by atoms with van der Waals surface area (Å²) in [6, 6.07) is 14.4. The molecule has 0 N–H and O–H groups in total. The van der Waals surface area contributed by atoms with Crippen molar-refractivity contribution in [1.82, 2.24) is 0 Å². The van der Waals surface area contributed by atoms with Gasteiger partial charge in [0, 0.05) is 18.2 Å². The highest BCUT2D eigenvalue weighted by Gasteiger charge is 2.13. The fourth-order valence-electron chi connectivity index (χ4n) is 2.25. The quantitative estimate of drug-likeness (QED) is 0.825. The van der Waals surface area contributed by atoms with Crippen molar-refractivity contribution in [2.24, 2.45) is 4.99 Å². The molecule has 0 aliphatic carbocycles. The van der Waals surface area contributed by atoms with Crippen molar-refractivity contribution in [3.05, 3.63) is 65.5 Å². The maximum Gasteiger partial charge on any atom is 0.130 e. The van der Waals surface area contributed by atoms with E-state index >= 15 is 0 Å². The second-order valence-corrected chi connectivity index (χ2v) is 4.48. The van der Waals surface area contributed by atoms with Crippen LogP contribution in [0.15, 0.2) is 53.5 Å². The minimum Gasteiger partial charge on any atom is -0.487 e. The minimum absolute atomic E-state index is 0.288. The third-order valence-corrected chi connectivity index (χ3v) is 3.18. The number of rotatable bonds is 3. The van der Waals surface area contributed by atoms with Crippen LogP contribution in [-0.2, 0) is 6.42 Å². The molecule has 2 aromatic carbocycles. The van der Waals surface area contributed by atoms with E-state index in [2.05, 4.69) is 17.1 Å². The molecule has 0 fully saturated rings. The lowest BCUT2D eigenvalue weighted by atomic mass is 9.98. The normalized spacial score (nSPS) is 13.6. The molecule has 1 heterocycles. The van der Waals surface area contributed by atoms with Crippen LogP contribution in [0.25, 0.3) is 0 Å². The van der Waals surface area contributed by atoms with Gasteiger partial charge in [-0.15, -0.1) is 0 Å². The molecule has 1 aliphatic heterocycles. The molecule has 0 atom stereocenters. The summed E-state index contributed by atoms with van der Waals surface area (Å²) in [5.74, 6) is 0.245. The molecule has 2 aromatic rings. The summed E-state index contributed by atoms with van der Waals surface area (Å²) in [5, 5.41) is 0. The summed E-state index contributed by atoms with van der Waals surface area (Å²) < 4.78 is 18.7. The zero-order valence-electron chi connectivity index (χ0n) is 10.5. The van der Waals surface area contributed by atoms with E-state index < -0.39 is 0 Å². The molecule has 96 valence electrons. The molecule has 3 rings (SSSR count). The lowest BCUT2D eigenvalue weighted by Gasteiger charge is -2.17. The predicted octanol–water partition coefficient (Wildman–Crippen LogP) is 3.25. The molecule has 3 heteroatoms. The Balaban J connectivity index is 1.76. The van der Waals surface area contributed by atoms with Gasteiger partial charge in [0.1, 0.15) is 18.2 Å². The van der Waals surface area contributed by atoms with Gasteiger partial charge in [-0.05, 0) is 24.1 Å².